The summed E-state index contributed by atoms with van der Waals surface area (Å²) in [7, 11) is 0. The molecule has 1 saturated heterocycles. The molecular weight excluding hydrogens is 324 g/mol. The fraction of sp³-hybridized carbons (Fsp3) is 0.650. The SMILES string of the molecule is O=C(COC1CCCCO1)Cc1ccc(Cl)cc1C1CCCCC1. The van der Waals surface area contributed by atoms with Crippen molar-refractivity contribution in [1.82, 2.24) is 0 Å². The van der Waals surface area contributed by atoms with E-state index in [2.05, 4.69) is 6.07 Å². The summed E-state index contributed by atoms with van der Waals surface area (Å²) < 4.78 is 11.1. The Balaban J connectivity index is 1.59. The molecule has 1 heterocycles. The number of hydrogen-bond donors (Lipinski definition) is 0. The number of benzene rings is 1. The standard InChI is InChI=1S/C20H27ClO3/c21-17-10-9-16(19(13-17)15-6-2-1-3-7-15)12-18(22)14-24-20-8-4-5-11-23-20/h9-10,13,15,20H,1-8,11-12,14H2. The van der Waals surface area contributed by atoms with Gasteiger partial charge in [0.25, 0.3) is 0 Å². The second kappa shape index (κ2) is 8.98. The number of rotatable bonds is 6. The number of carbonyl (C=O) groups excluding carboxylic acids is 1. The third-order valence-corrected chi connectivity index (χ3v) is 5.34. The van der Waals surface area contributed by atoms with Crippen LogP contribution in [0.15, 0.2) is 18.2 Å². The molecule has 3 nitrogen and oxygen atoms in total. The lowest BCUT2D eigenvalue weighted by Crippen LogP contribution is -2.25. The normalized spacial score (nSPS) is 22.5. The number of hydrogen-bond acceptors (Lipinski definition) is 3. The highest BCUT2D eigenvalue weighted by atomic mass is 35.5. The van der Waals surface area contributed by atoms with E-state index in [-0.39, 0.29) is 18.7 Å². The van der Waals surface area contributed by atoms with Crippen molar-refractivity contribution in [1.29, 1.82) is 0 Å². The molecular formula is C20H27ClO3. The Hall–Kier alpha value is -0.900. The van der Waals surface area contributed by atoms with Gasteiger partial charge in [-0.05, 0) is 61.3 Å². The van der Waals surface area contributed by atoms with E-state index >= 15 is 0 Å². The predicted octanol–water partition coefficient (Wildman–Crippen LogP) is 5.04. The van der Waals surface area contributed by atoms with Crippen molar-refractivity contribution >= 4 is 17.4 Å². The Bertz CT molecular complexity index is 546. The maximum Gasteiger partial charge on any atom is 0.162 e. The van der Waals surface area contributed by atoms with Crippen molar-refractivity contribution in [2.75, 3.05) is 13.2 Å². The lowest BCUT2D eigenvalue weighted by Gasteiger charge is -2.25. The van der Waals surface area contributed by atoms with Gasteiger partial charge in [-0.25, -0.2) is 0 Å². The number of ether oxygens (including phenoxy) is 2. The predicted molar refractivity (Wildman–Crippen MR) is 95.5 cm³/mol. The molecule has 1 aromatic rings. The fourth-order valence-corrected chi connectivity index (χ4v) is 3.99. The van der Waals surface area contributed by atoms with Crippen LogP contribution in [0.1, 0.15) is 68.4 Å². The first-order chi connectivity index (χ1) is 11.7. The molecule has 24 heavy (non-hydrogen) atoms. The summed E-state index contributed by atoms with van der Waals surface area (Å²) in [5.41, 5.74) is 2.38. The van der Waals surface area contributed by atoms with Gasteiger partial charge < -0.3 is 9.47 Å². The second-order valence-electron chi connectivity index (χ2n) is 7.00. The van der Waals surface area contributed by atoms with Gasteiger partial charge in [-0.2, -0.15) is 0 Å². The summed E-state index contributed by atoms with van der Waals surface area (Å²) in [6.45, 7) is 0.874. The first kappa shape index (κ1) is 17.9. The van der Waals surface area contributed by atoms with Gasteiger partial charge in [-0.15, -0.1) is 0 Å². The fourth-order valence-electron chi connectivity index (χ4n) is 3.81. The lowest BCUT2D eigenvalue weighted by molar-refractivity contribution is -0.168. The molecule has 2 aliphatic rings. The lowest BCUT2D eigenvalue weighted by atomic mass is 9.81. The summed E-state index contributed by atoms with van der Waals surface area (Å²) in [5, 5.41) is 0.763. The average Bonchev–Trinajstić information content (AvgIpc) is 2.63. The zero-order valence-corrected chi connectivity index (χ0v) is 15.0. The quantitative estimate of drug-likeness (QED) is 0.720. The largest absolute Gasteiger partial charge is 0.353 e. The van der Waals surface area contributed by atoms with Crippen LogP contribution in [0.3, 0.4) is 0 Å². The van der Waals surface area contributed by atoms with E-state index in [1.165, 1.54) is 37.7 Å². The van der Waals surface area contributed by atoms with Crippen molar-refractivity contribution in [3.63, 3.8) is 0 Å². The van der Waals surface area contributed by atoms with Crippen molar-refractivity contribution in [2.45, 2.75) is 70.0 Å². The molecule has 1 aliphatic heterocycles. The Morgan fingerprint density at radius 1 is 1.12 bits per heavy atom. The summed E-state index contributed by atoms with van der Waals surface area (Å²) in [6, 6.07) is 5.97. The van der Waals surface area contributed by atoms with E-state index < -0.39 is 0 Å². The first-order valence-corrected chi connectivity index (χ1v) is 9.63. The molecule has 1 unspecified atom stereocenters. The summed E-state index contributed by atoms with van der Waals surface area (Å²) >= 11 is 6.21. The smallest absolute Gasteiger partial charge is 0.162 e. The molecule has 0 radical (unpaired) electrons. The zero-order valence-electron chi connectivity index (χ0n) is 14.3. The van der Waals surface area contributed by atoms with Crippen LogP contribution in [0.5, 0.6) is 0 Å². The van der Waals surface area contributed by atoms with Gasteiger partial charge >= 0.3 is 0 Å². The topological polar surface area (TPSA) is 35.5 Å². The maximum absolute atomic E-state index is 12.4. The Labute approximate surface area is 149 Å². The summed E-state index contributed by atoms with van der Waals surface area (Å²) in [4.78, 5) is 12.4. The molecule has 1 atom stereocenters. The molecule has 4 heteroatoms. The molecule has 1 aromatic carbocycles. The van der Waals surface area contributed by atoms with Crippen LogP contribution in [0.4, 0.5) is 0 Å². The van der Waals surface area contributed by atoms with Crippen molar-refractivity contribution in [3.8, 4) is 0 Å². The Kier molecular flexibility index (Phi) is 6.70. The monoisotopic (exact) mass is 350 g/mol. The van der Waals surface area contributed by atoms with Gasteiger partial charge in [0.2, 0.25) is 0 Å². The van der Waals surface area contributed by atoms with Gasteiger partial charge in [-0.3, -0.25) is 4.79 Å². The van der Waals surface area contributed by atoms with Gasteiger partial charge in [0.05, 0.1) is 0 Å². The highest BCUT2D eigenvalue weighted by Gasteiger charge is 2.21. The molecule has 1 saturated carbocycles. The summed E-state index contributed by atoms with van der Waals surface area (Å²) in [5.74, 6) is 0.659. The minimum Gasteiger partial charge on any atom is -0.353 e. The molecule has 1 aliphatic carbocycles. The molecule has 2 fully saturated rings. The second-order valence-corrected chi connectivity index (χ2v) is 7.44. The van der Waals surface area contributed by atoms with E-state index in [4.69, 9.17) is 21.1 Å². The number of carbonyl (C=O) groups is 1. The van der Waals surface area contributed by atoms with Crippen LogP contribution in [-0.2, 0) is 20.7 Å². The van der Waals surface area contributed by atoms with Crippen molar-refractivity contribution in [3.05, 3.63) is 34.3 Å². The molecule has 0 N–H and O–H groups in total. The van der Waals surface area contributed by atoms with E-state index in [1.807, 2.05) is 12.1 Å². The van der Waals surface area contributed by atoms with E-state index in [9.17, 15) is 4.79 Å². The highest BCUT2D eigenvalue weighted by molar-refractivity contribution is 6.30. The van der Waals surface area contributed by atoms with Gasteiger partial charge in [0, 0.05) is 18.1 Å². The van der Waals surface area contributed by atoms with Gasteiger partial charge in [-0.1, -0.05) is 36.9 Å². The van der Waals surface area contributed by atoms with Crippen LogP contribution >= 0.6 is 11.6 Å². The van der Waals surface area contributed by atoms with Crippen LogP contribution in [-0.4, -0.2) is 25.3 Å². The van der Waals surface area contributed by atoms with Crippen LogP contribution in [0.25, 0.3) is 0 Å². The molecule has 3 rings (SSSR count). The van der Waals surface area contributed by atoms with Gasteiger partial charge in [0.15, 0.2) is 12.1 Å². The average molecular weight is 351 g/mol. The van der Waals surface area contributed by atoms with Crippen molar-refractivity contribution in [2.24, 2.45) is 0 Å². The number of Topliss-reactive ketones (excluding diaryl/α,β-unsaturated/α-hetero) is 1. The maximum atomic E-state index is 12.4. The summed E-state index contributed by atoms with van der Waals surface area (Å²) in [6.07, 6.45) is 9.58. The minimum absolute atomic E-state index is 0.114. The van der Waals surface area contributed by atoms with Gasteiger partial charge in [0.1, 0.15) is 6.61 Å². The Morgan fingerprint density at radius 2 is 1.92 bits per heavy atom. The molecule has 132 valence electrons. The van der Waals surface area contributed by atoms with Crippen molar-refractivity contribution < 1.29 is 14.3 Å². The highest BCUT2D eigenvalue weighted by Crippen LogP contribution is 2.35. The van der Waals surface area contributed by atoms with Crippen LogP contribution < -0.4 is 0 Å². The Morgan fingerprint density at radius 3 is 2.67 bits per heavy atom. The molecule has 0 spiro atoms. The minimum atomic E-state index is -0.203. The number of ketones is 1. The third-order valence-electron chi connectivity index (χ3n) is 5.11. The zero-order chi connectivity index (χ0) is 16.8. The van der Waals surface area contributed by atoms with Crippen LogP contribution in [0, 0.1) is 0 Å². The van der Waals surface area contributed by atoms with E-state index in [1.54, 1.807) is 0 Å². The first-order valence-electron chi connectivity index (χ1n) is 9.25. The number of halogens is 1. The molecule has 0 bridgehead atoms. The van der Waals surface area contributed by atoms with Crippen LogP contribution in [0.2, 0.25) is 5.02 Å². The van der Waals surface area contributed by atoms with E-state index in [0.717, 1.165) is 36.5 Å². The third kappa shape index (κ3) is 5.05. The van der Waals surface area contributed by atoms with E-state index in [0.29, 0.717) is 12.3 Å². The molecule has 0 aromatic heterocycles. The molecule has 0 amide bonds.